The SMILES string of the molecule is CC(=O)N1CCc2cc(NC(=O)c3ccc(OCC(F)(F)F)nc3)ccc21. The first-order valence-electron chi connectivity index (χ1n) is 8.11. The van der Waals surface area contributed by atoms with Crippen molar-refractivity contribution in [2.45, 2.75) is 19.5 Å². The van der Waals surface area contributed by atoms with E-state index in [1.807, 2.05) is 0 Å². The van der Waals surface area contributed by atoms with E-state index in [1.165, 1.54) is 19.1 Å². The Labute approximate surface area is 152 Å². The smallest absolute Gasteiger partial charge is 0.422 e. The van der Waals surface area contributed by atoms with Crippen molar-refractivity contribution in [3.63, 3.8) is 0 Å². The number of nitrogens with zero attached hydrogens (tertiary/aromatic N) is 2. The molecule has 6 nitrogen and oxygen atoms in total. The monoisotopic (exact) mass is 379 g/mol. The first-order chi connectivity index (χ1) is 12.7. The molecular weight excluding hydrogens is 363 g/mol. The number of alkyl halides is 3. The molecule has 1 N–H and O–H groups in total. The second-order valence-electron chi connectivity index (χ2n) is 6.01. The molecule has 27 heavy (non-hydrogen) atoms. The minimum Gasteiger partial charge on any atom is -0.468 e. The zero-order chi connectivity index (χ0) is 19.6. The van der Waals surface area contributed by atoms with E-state index < -0.39 is 18.7 Å². The van der Waals surface area contributed by atoms with Crippen LogP contribution >= 0.6 is 0 Å². The maximum absolute atomic E-state index is 12.3. The van der Waals surface area contributed by atoms with Crippen LogP contribution < -0.4 is 15.0 Å². The predicted octanol–water partition coefficient (Wildman–Crippen LogP) is 3.18. The fraction of sp³-hybridized carbons (Fsp3) is 0.278. The van der Waals surface area contributed by atoms with Gasteiger partial charge in [0.15, 0.2) is 6.61 Å². The Hall–Kier alpha value is -3.10. The summed E-state index contributed by atoms with van der Waals surface area (Å²) in [5.74, 6) is -0.707. The highest BCUT2D eigenvalue weighted by atomic mass is 19.4. The molecule has 0 unspecified atom stereocenters. The molecular formula is C18H16F3N3O3. The van der Waals surface area contributed by atoms with Crippen molar-refractivity contribution < 1.29 is 27.5 Å². The average molecular weight is 379 g/mol. The summed E-state index contributed by atoms with van der Waals surface area (Å²) in [7, 11) is 0. The molecule has 0 atom stereocenters. The molecule has 1 aromatic heterocycles. The van der Waals surface area contributed by atoms with E-state index >= 15 is 0 Å². The van der Waals surface area contributed by atoms with Crippen molar-refractivity contribution in [1.29, 1.82) is 0 Å². The van der Waals surface area contributed by atoms with Gasteiger partial charge in [-0.2, -0.15) is 13.2 Å². The summed E-state index contributed by atoms with van der Waals surface area (Å²) >= 11 is 0. The topological polar surface area (TPSA) is 71.5 Å². The lowest BCUT2D eigenvalue weighted by atomic mass is 10.1. The lowest BCUT2D eigenvalue weighted by Crippen LogP contribution is -2.25. The van der Waals surface area contributed by atoms with Gasteiger partial charge in [0.25, 0.3) is 5.91 Å². The highest BCUT2D eigenvalue weighted by molar-refractivity contribution is 6.04. The van der Waals surface area contributed by atoms with Crippen LogP contribution in [0.15, 0.2) is 36.5 Å². The van der Waals surface area contributed by atoms with E-state index in [0.29, 0.717) is 18.7 Å². The number of amides is 2. The zero-order valence-electron chi connectivity index (χ0n) is 14.3. The molecule has 1 aromatic carbocycles. The van der Waals surface area contributed by atoms with Crippen molar-refractivity contribution in [3.05, 3.63) is 47.7 Å². The quantitative estimate of drug-likeness (QED) is 0.886. The van der Waals surface area contributed by atoms with E-state index in [4.69, 9.17) is 0 Å². The molecule has 1 aliphatic heterocycles. The van der Waals surface area contributed by atoms with Crippen LogP contribution in [-0.4, -0.2) is 36.1 Å². The van der Waals surface area contributed by atoms with Crippen LogP contribution in [0.25, 0.3) is 0 Å². The second-order valence-corrected chi connectivity index (χ2v) is 6.01. The Morgan fingerprint density at radius 3 is 2.67 bits per heavy atom. The number of halogens is 3. The Bertz CT molecular complexity index is 866. The molecule has 0 aliphatic carbocycles. The number of anilines is 2. The molecule has 2 aromatic rings. The van der Waals surface area contributed by atoms with E-state index in [1.54, 1.807) is 23.1 Å². The fourth-order valence-corrected chi connectivity index (χ4v) is 2.77. The first-order valence-corrected chi connectivity index (χ1v) is 8.11. The van der Waals surface area contributed by atoms with Crippen molar-refractivity contribution >= 4 is 23.2 Å². The Morgan fingerprint density at radius 1 is 1.26 bits per heavy atom. The Morgan fingerprint density at radius 2 is 2.04 bits per heavy atom. The summed E-state index contributed by atoms with van der Waals surface area (Å²) in [6.07, 6.45) is -2.61. The average Bonchev–Trinajstić information content (AvgIpc) is 3.03. The molecule has 2 heterocycles. The third-order valence-electron chi connectivity index (χ3n) is 4.00. The second kappa shape index (κ2) is 7.26. The Balaban J connectivity index is 1.65. The number of rotatable bonds is 4. The van der Waals surface area contributed by atoms with Crippen molar-refractivity contribution in [2.24, 2.45) is 0 Å². The molecule has 1 aliphatic rings. The number of hydrogen-bond acceptors (Lipinski definition) is 4. The van der Waals surface area contributed by atoms with E-state index in [9.17, 15) is 22.8 Å². The van der Waals surface area contributed by atoms with Gasteiger partial charge in [0.1, 0.15) is 0 Å². The van der Waals surface area contributed by atoms with Gasteiger partial charge in [-0.05, 0) is 36.2 Å². The largest absolute Gasteiger partial charge is 0.468 e. The molecule has 0 saturated carbocycles. The van der Waals surface area contributed by atoms with Crippen LogP contribution in [0.5, 0.6) is 5.88 Å². The number of ether oxygens (including phenoxy) is 1. The van der Waals surface area contributed by atoms with Gasteiger partial charge in [0.2, 0.25) is 11.8 Å². The lowest BCUT2D eigenvalue weighted by Gasteiger charge is -2.15. The molecule has 0 radical (unpaired) electrons. The molecule has 2 amide bonds. The van der Waals surface area contributed by atoms with Gasteiger partial charge in [-0.25, -0.2) is 4.98 Å². The summed E-state index contributed by atoms with van der Waals surface area (Å²) in [5, 5.41) is 2.70. The predicted molar refractivity (Wildman–Crippen MR) is 91.9 cm³/mol. The van der Waals surface area contributed by atoms with Crippen LogP contribution in [-0.2, 0) is 11.2 Å². The van der Waals surface area contributed by atoms with Crippen LogP contribution in [0.4, 0.5) is 24.5 Å². The van der Waals surface area contributed by atoms with Gasteiger partial charge in [-0.15, -0.1) is 0 Å². The number of nitrogens with one attached hydrogen (secondary N) is 1. The number of benzene rings is 1. The fourth-order valence-electron chi connectivity index (χ4n) is 2.77. The van der Waals surface area contributed by atoms with Gasteiger partial charge in [0.05, 0.1) is 5.56 Å². The van der Waals surface area contributed by atoms with Gasteiger partial charge in [-0.1, -0.05) is 0 Å². The van der Waals surface area contributed by atoms with Crippen molar-refractivity contribution in [3.8, 4) is 5.88 Å². The standard InChI is InChI=1S/C18H16F3N3O3/c1-11(25)24-7-6-12-8-14(3-4-15(12)24)23-17(26)13-2-5-16(22-9-13)27-10-18(19,20)21/h2-5,8-9H,6-7,10H2,1H3,(H,23,26). The van der Waals surface area contributed by atoms with E-state index in [0.717, 1.165) is 17.4 Å². The highest BCUT2D eigenvalue weighted by Crippen LogP contribution is 2.30. The van der Waals surface area contributed by atoms with Crippen LogP contribution in [0, 0.1) is 0 Å². The van der Waals surface area contributed by atoms with Crippen LogP contribution in [0.1, 0.15) is 22.8 Å². The summed E-state index contributed by atoms with van der Waals surface area (Å²) in [6.45, 7) is 0.656. The third kappa shape index (κ3) is 4.55. The molecule has 0 saturated heterocycles. The number of pyridine rings is 1. The van der Waals surface area contributed by atoms with Gasteiger partial charge >= 0.3 is 6.18 Å². The van der Waals surface area contributed by atoms with Gasteiger partial charge in [0, 0.05) is 37.1 Å². The first kappa shape index (κ1) is 18.7. The number of hydrogen-bond donors (Lipinski definition) is 1. The maximum Gasteiger partial charge on any atom is 0.422 e. The molecule has 0 bridgehead atoms. The van der Waals surface area contributed by atoms with Gasteiger partial charge < -0.3 is 15.0 Å². The minimum absolute atomic E-state index is 0.0376. The molecule has 9 heteroatoms. The minimum atomic E-state index is -4.46. The highest BCUT2D eigenvalue weighted by Gasteiger charge is 2.28. The molecule has 0 fully saturated rings. The van der Waals surface area contributed by atoms with Gasteiger partial charge in [-0.3, -0.25) is 9.59 Å². The van der Waals surface area contributed by atoms with Crippen LogP contribution in [0.2, 0.25) is 0 Å². The number of fused-ring (bicyclic) bond motifs is 1. The summed E-state index contributed by atoms with van der Waals surface area (Å²) in [4.78, 5) is 29.2. The number of carbonyl (C=O) groups is 2. The lowest BCUT2D eigenvalue weighted by molar-refractivity contribution is -0.154. The maximum atomic E-state index is 12.3. The Kier molecular flexibility index (Phi) is 5.02. The molecule has 142 valence electrons. The van der Waals surface area contributed by atoms with Crippen molar-refractivity contribution in [1.82, 2.24) is 4.98 Å². The van der Waals surface area contributed by atoms with Crippen molar-refractivity contribution in [2.75, 3.05) is 23.4 Å². The van der Waals surface area contributed by atoms with Crippen LogP contribution in [0.3, 0.4) is 0 Å². The summed E-state index contributed by atoms with van der Waals surface area (Å²) in [6, 6.07) is 7.79. The van der Waals surface area contributed by atoms with E-state index in [2.05, 4.69) is 15.0 Å². The summed E-state index contributed by atoms with van der Waals surface area (Å²) < 4.78 is 40.8. The number of aromatic nitrogens is 1. The molecule has 0 spiro atoms. The number of carbonyl (C=O) groups excluding carboxylic acids is 2. The summed E-state index contributed by atoms with van der Waals surface area (Å²) in [5.41, 5.74) is 2.52. The normalized spacial score (nSPS) is 13.3. The zero-order valence-corrected chi connectivity index (χ0v) is 14.3. The molecule has 3 rings (SSSR count). The third-order valence-corrected chi connectivity index (χ3v) is 4.00. The van der Waals surface area contributed by atoms with E-state index in [-0.39, 0.29) is 17.4 Å².